The average Bonchev–Trinajstić information content (AvgIpc) is 2.94. The van der Waals surface area contributed by atoms with Crippen LogP contribution in [0.3, 0.4) is 0 Å². The molecule has 0 saturated carbocycles. The Balaban J connectivity index is 1.95. The van der Waals surface area contributed by atoms with Crippen LogP contribution in [0.5, 0.6) is 11.5 Å². The van der Waals surface area contributed by atoms with Gasteiger partial charge in [-0.1, -0.05) is 6.42 Å². The van der Waals surface area contributed by atoms with E-state index < -0.39 is 10.0 Å². The maximum atomic E-state index is 12.9. The van der Waals surface area contributed by atoms with E-state index in [1.807, 2.05) is 6.92 Å². The topological polar surface area (TPSA) is 81.9 Å². The number of piperidine rings is 1. The lowest BCUT2D eigenvalue weighted by Crippen LogP contribution is -2.51. The monoisotopic (exact) mass is 312 g/mol. The second kappa shape index (κ2) is 5.47. The van der Waals surface area contributed by atoms with Crippen molar-refractivity contribution in [1.29, 1.82) is 0 Å². The van der Waals surface area contributed by atoms with Crippen LogP contribution in [0.2, 0.25) is 0 Å². The van der Waals surface area contributed by atoms with Crippen LogP contribution in [-0.2, 0) is 10.0 Å². The largest absolute Gasteiger partial charge is 0.454 e. The summed E-state index contributed by atoms with van der Waals surface area (Å²) in [5.74, 6) is 1.06. The Bertz CT molecular complexity index is 630. The highest BCUT2D eigenvalue weighted by molar-refractivity contribution is 7.89. The van der Waals surface area contributed by atoms with Gasteiger partial charge in [-0.2, -0.15) is 4.31 Å². The fraction of sp³-hybridized carbons (Fsp3) is 0.571. The van der Waals surface area contributed by atoms with Crippen LogP contribution in [0, 0.1) is 0 Å². The molecule has 2 aliphatic rings. The van der Waals surface area contributed by atoms with Gasteiger partial charge in [-0.25, -0.2) is 8.42 Å². The van der Waals surface area contributed by atoms with E-state index >= 15 is 0 Å². The first-order valence-corrected chi connectivity index (χ1v) is 8.61. The van der Waals surface area contributed by atoms with Crippen molar-refractivity contribution in [3.05, 3.63) is 18.2 Å². The number of hydrogen-bond acceptors (Lipinski definition) is 5. The smallest absolute Gasteiger partial charge is 0.243 e. The van der Waals surface area contributed by atoms with Crippen molar-refractivity contribution < 1.29 is 17.9 Å². The molecule has 0 amide bonds. The van der Waals surface area contributed by atoms with Crippen molar-refractivity contribution in [3.63, 3.8) is 0 Å². The van der Waals surface area contributed by atoms with Gasteiger partial charge in [0, 0.05) is 24.7 Å². The van der Waals surface area contributed by atoms with E-state index in [9.17, 15) is 8.42 Å². The van der Waals surface area contributed by atoms with E-state index in [1.165, 1.54) is 6.07 Å². The number of rotatable bonds is 3. The van der Waals surface area contributed by atoms with Crippen molar-refractivity contribution in [2.75, 3.05) is 13.3 Å². The molecular weight excluding hydrogens is 292 g/mol. The third kappa shape index (κ3) is 2.61. The van der Waals surface area contributed by atoms with Gasteiger partial charge in [-0.05, 0) is 31.9 Å². The summed E-state index contributed by atoms with van der Waals surface area (Å²) >= 11 is 0. The maximum Gasteiger partial charge on any atom is 0.243 e. The highest BCUT2D eigenvalue weighted by atomic mass is 32.2. The Kier molecular flexibility index (Phi) is 3.81. The third-order valence-corrected chi connectivity index (χ3v) is 5.98. The molecule has 116 valence electrons. The van der Waals surface area contributed by atoms with E-state index in [2.05, 4.69) is 0 Å². The van der Waals surface area contributed by atoms with E-state index in [4.69, 9.17) is 15.2 Å². The number of fused-ring (bicyclic) bond motifs is 1. The van der Waals surface area contributed by atoms with Crippen LogP contribution >= 0.6 is 0 Å². The second-order valence-corrected chi connectivity index (χ2v) is 7.44. The predicted octanol–water partition coefficient (Wildman–Crippen LogP) is 1.31. The zero-order chi connectivity index (χ0) is 15.0. The molecule has 2 heterocycles. The molecule has 3 rings (SSSR count). The average molecular weight is 312 g/mol. The first-order valence-electron chi connectivity index (χ1n) is 7.17. The molecule has 0 aromatic heterocycles. The Morgan fingerprint density at radius 2 is 2.05 bits per heavy atom. The van der Waals surface area contributed by atoms with Crippen LogP contribution < -0.4 is 15.2 Å². The van der Waals surface area contributed by atoms with Crippen molar-refractivity contribution >= 4 is 10.0 Å². The molecule has 1 saturated heterocycles. The van der Waals surface area contributed by atoms with E-state index in [-0.39, 0.29) is 23.8 Å². The number of hydrogen-bond donors (Lipinski definition) is 1. The zero-order valence-corrected chi connectivity index (χ0v) is 12.8. The number of nitrogens with two attached hydrogens (primary N) is 1. The highest BCUT2D eigenvalue weighted by Crippen LogP contribution is 2.35. The molecule has 21 heavy (non-hydrogen) atoms. The SMILES string of the molecule is C[C@H](N)[C@H]1CCCCN1S(=O)(=O)c1ccc2c(c1)OCO2. The summed E-state index contributed by atoms with van der Waals surface area (Å²) in [6.07, 6.45) is 2.69. The van der Waals surface area contributed by atoms with Gasteiger partial charge in [0.1, 0.15) is 0 Å². The quantitative estimate of drug-likeness (QED) is 0.910. The molecule has 2 aliphatic heterocycles. The molecule has 0 bridgehead atoms. The Labute approximate surface area is 124 Å². The zero-order valence-electron chi connectivity index (χ0n) is 12.0. The summed E-state index contributed by atoms with van der Waals surface area (Å²) in [6, 6.07) is 4.41. The maximum absolute atomic E-state index is 12.9. The second-order valence-electron chi connectivity index (χ2n) is 5.55. The summed E-state index contributed by atoms with van der Waals surface area (Å²) in [6.45, 7) is 2.51. The molecule has 1 fully saturated rings. The number of nitrogens with zero attached hydrogens (tertiary/aromatic N) is 1. The lowest BCUT2D eigenvalue weighted by molar-refractivity contribution is 0.174. The van der Waals surface area contributed by atoms with Gasteiger partial charge in [-0.15, -0.1) is 0 Å². The molecule has 1 aromatic carbocycles. The molecule has 2 atom stereocenters. The van der Waals surface area contributed by atoms with Crippen molar-refractivity contribution in [2.45, 2.75) is 43.2 Å². The molecule has 0 spiro atoms. The van der Waals surface area contributed by atoms with Gasteiger partial charge in [0.2, 0.25) is 16.8 Å². The molecule has 0 radical (unpaired) electrons. The van der Waals surface area contributed by atoms with Gasteiger partial charge in [0.15, 0.2) is 11.5 Å². The standard InChI is InChI=1S/C14H20N2O4S/c1-10(15)12-4-2-3-7-16(12)21(17,18)11-5-6-13-14(8-11)20-9-19-13/h5-6,8,10,12H,2-4,7,9,15H2,1H3/t10-,12+/m0/s1. The van der Waals surface area contributed by atoms with Gasteiger partial charge < -0.3 is 15.2 Å². The first kappa shape index (κ1) is 14.6. The first-order chi connectivity index (χ1) is 10.00. The molecular formula is C14H20N2O4S. The minimum atomic E-state index is -3.56. The van der Waals surface area contributed by atoms with Crippen LogP contribution in [0.4, 0.5) is 0 Å². The van der Waals surface area contributed by atoms with Gasteiger partial charge in [-0.3, -0.25) is 0 Å². The van der Waals surface area contributed by atoms with Crippen LogP contribution in [0.15, 0.2) is 23.1 Å². The Morgan fingerprint density at radius 3 is 2.81 bits per heavy atom. The summed E-state index contributed by atoms with van der Waals surface area (Å²) in [7, 11) is -3.56. The number of sulfonamides is 1. The van der Waals surface area contributed by atoms with Gasteiger partial charge in [0.25, 0.3) is 0 Å². The molecule has 0 unspecified atom stereocenters. The summed E-state index contributed by atoms with van der Waals surface area (Å²) in [5.41, 5.74) is 5.97. The van der Waals surface area contributed by atoms with Crippen molar-refractivity contribution in [2.24, 2.45) is 5.73 Å². The van der Waals surface area contributed by atoms with E-state index in [0.29, 0.717) is 18.0 Å². The lowest BCUT2D eigenvalue weighted by Gasteiger charge is -2.36. The summed E-state index contributed by atoms with van der Waals surface area (Å²) in [4.78, 5) is 0.235. The summed E-state index contributed by atoms with van der Waals surface area (Å²) in [5, 5.41) is 0. The summed E-state index contributed by atoms with van der Waals surface area (Å²) < 4.78 is 37.8. The van der Waals surface area contributed by atoms with E-state index in [0.717, 1.165) is 19.3 Å². The minimum absolute atomic E-state index is 0.130. The van der Waals surface area contributed by atoms with Gasteiger partial charge in [0.05, 0.1) is 4.90 Å². The third-order valence-electron chi connectivity index (χ3n) is 4.06. The van der Waals surface area contributed by atoms with Crippen molar-refractivity contribution in [1.82, 2.24) is 4.31 Å². The van der Waals surface area contributed by atoms with Gasteiger partial charge >= 0.3 is 0 Å². The molecule has 2 N–H and O–H groups in total. The fourth-order valence-electron chi connectivity index (χ4n) is 2.93. The van der Waals surface area contributed by atoms with Crippen LogP contribution in [0.1, 0.15) is 26.2 Å². The number of ether oxygens (including phenoxy) is 2. The van der Waals surface area contributed by atoms with Crippen molar-refractivity contribution in [3.8, 4) is 11.5 Å². The predicted molar refractivity (Wildman–Crippen MR) is 77.7 cm³/mol. The highest BCUT2D eigenvalue weighted by Gasteiger charge is 2.35. The van der Waals surface area contributed by atoms with E-state index in [1.54, 1.807) is 16.4 Å². The normalized spacial score (nSPS) is 24.0. The fourth-order valence-corrected chi connectivity index (χ4v) is 4.72. The molecule has 6 nitrogen and oxygen atoms in total. The molecule has 7 heteroatoms. The lowest BCUT2D eigenvalue weighted by atomic mass is 10.00. The van der Waals surface area contributed by atoms with Crippen LogP contribution in [-0.4, -0.2) is 38.1 Å². The Morgan fingerprint density at radius 1 is 1.29 bits per heavy atom. The Hall–Kier alpha value is -1.31. The minimum Gasteiger partial charge on any atom is -0.454 e. The molecule has 1 aromatic rings. The molecule has 0 aliphatic carbocycles. The number of benzene rings is 1. The van der Waals surface area contributed by atoms with Crippen LogP contribution in [0.25, 0.3) is 0 Å².